The largest absolute Gasteiger partial charge is 0.256 e. The molecule has 0 radical (unpaired) electrons. The first-order valence-electron chi connectivity index (χ1n) is 15.5. The summed E-state index contributed by atoms with van der Waals surface area (Å²) in [6, 6.07) is 44.7. The Bertz CT molecular complexity index is 2250. The second-order valence-corrected chi connectivity index (χ2v) is 12.1. The van der Waals surface area contributed by atoms with Crippen molar-refractivity contribution in [2.45, 2.75) is 13.8 Å². The van der Waals surface area contributed by atoms with Crippen molar-refractivity contribution in [1.82, 2.24) is 4.98 Å². The third-order valence-corrected chi connectivity index (χ3v) is 9.27. The summed E-state index contributed by atoms with van der Waals surface area (Å²) in [6.07, 6.45) is 11.2. The van der Waals surface area contributed by atoms with Gasteiger partial charge in [0.05, 0.1) is 5.69 Å². The molecule has 6 aromatic rings. The van der Waals surface area contributed by atoms with Crippen LogP contribution < -0.4 is 10.4 Å². The molecule has 0 bridgehead atoms. The summed E-state index contributed by atoms with van der Waals surface area (Å²) in [5.74, 6) is 0.445. The minimum absolute atomic E-state index is 0.222. The zero-order chi connectivity index (χ0) is 29.6. The van der Waals surface area contributed by atoms with Gasteiger partial charge in [-0.15, -0.1) is 0 Å². The monoisotopic (exact) mass is 563 g/mol. The van der Waals surface area contributed by atoms with Gasteiger partial charge in [0.25, 0.3) is 0 Å². The van der Waals surface area contributed by atoms with Crippen molar-refractivity contribution >= 4 is 21.9 Å². The Kier molecular flexibility index (Phi) is 6.46. The predicted molar refractivity (Wildman–Crippen MR) is 185 cm³/mol. The summed E-state index contributed by atoms with van der Waals surface area (Å²) in [5.41, 5.74) is 12.5. The highest BCUT2D eigenvalue weighted by Gasteiger charge is 2.32. The first-order valence-corrected chi connectivity index (χ1v) is 15.5. The normalized spacial score (nSPS) is 17.0. The maximum Gasteiger partial charge on any atom is 0.0704 e. The average molecular weight is 564 g/mol. The molecule has 44 heavy (non-hydrogen) atoms. The van der Waals surface area contributed by atoms with E-state index in [4.69, 9.17) is 4.98 Å². The molecule has 1 aromatic heterocycles. The van der Waals surface area contributed by atoms with E-state index < -0.39 is 0 Å². The predicted octanol–water partition coefficient (Wildman–Crippen LogP) is 8.96. The number of pyridine rings is 1. The Labute approximate surface area is 258 Å². The average Bonchev–Trinajstić information content (AvgIpc) is 3.07. The van der Waals surface area contributed by atoms with Crippen LogP contribution in [0.25, 0.3) is 44.3 Å². The van der Waals surface area contributed by atoms with E-state index in [9.17, 15) is 0 Å². The number of allylic oxidation sites excluding steroid dienone is 4. The van der Waals surface area contributed by atoms with Crippen molar-refractivity contribution in [3.8, 4) is 22.4 Å². The molecule has 8 rings (SSSR count). The number of fused-ring (bicyclic) bond motifs is 3. The lowest BCUT2D eigenvalue weighted by atomic mass is 9.69. The molecular weight excluding hydrogens is 530 g/mol. The lowest BCUT2D eigenvalue weighted by Gasteiger charge is -2.34. The fourth-order valence-electron chi connectivity index (χ4n) is 7.21. The van der Waals surface area contributed by atoms with E-state index in [0.717, 1.165) is 11.3 Å². The molecule has 2 unspecified atom stereocenters. The van der Waals surface area contributed by atoms with Crippen molar-refractivity contribution in [3.63, 3.8) is 0 Å². The van der Waals surface area contributed by atoms with Gasteiger partial charge in [-0.2, -0.15) is 0 Å². The molecule has 2 atom stereocenters. The zero-order valence-corrected chi connectivity index (χ0v) is 25.0. The topological polar surface area (TPSA) is 12.9 Å². The molecule has 5 aromatic carbocycles. The van der Waals surface area contributed by atoms with Gasteiger partial charge in [0.1, 0.15) is 0 Å². The number of benzene rings is 5. The molecule has 0 amide bonds. The maximum absolute atomic E-state index is 4.70. The zero-order valence-electron chi connectivity index (χ0n) is 25.0. The molecule has 2 aliphatic carbocycles. The third-order valence-electron chi connectivity index (χ3n) is 9.27. The van der Waals surface area contributed by atoms with Gasteiger partial charge in [-0.25, -0.2) is 0 Å². The Hall–Kier alpha value is -5.27. The first-order chi connectivity index (χ1) is 21.7. The summed E-state index contributed by atoms with van der Waals surface area (Å²) in [7, 11) is 0. The highest BCUT2D eigenvalue weighted by molar-refractivity contribution is 6.03. The van der Waals surface area contributed by atoms with Gasteiger partial charge in [-0.3, -0.25) is 4.98 Å². The van der Waals surface area contributed by atoms with E-state index >= 15 is 0 Å². The van der Waals surface area contributed by atoms with Crippen LogP contribution >= 0.6 is 0 Å². The minimum Gasteiger partial charge on any atom is -0.256 e. The van der Waals surface area contributed by atoms with Crippen LogP contribution in [-0.4, -0.2) is 4.98 Å². The molecule has 210 valence electrons. The maximum atomic E-state index is 4.70. The number of nitrogens with zero attached hydrogens (tertiary/aromatic N) is 1. The van der Waals surface area contributed by atoms with Crippen LogP contribution in [0.4, 0.5) is 0 Å². The van der Waals surface area contributed by atoms with Gasteiger partial charge in [-0.1, -0.05) is 133 Å². The minimum atomic E-state index is 0.222. The fourth-order valence-corrected chi connectivity index (χ4v) is 7.21. The number of rotatable bonds is 4. The first kappa shape index (κ1) is 26.4. The fraction of sp³-hybridized carbons (Fsp3) is 0.0930. The molecule has 0 spiro atoms. The summed E-state index contributed by atoms with van der Waals surface area (Å²) >= 11 is 0. The number of hydrogen-bond donors (Lipinski definition) is 0. The van der Waals surface area contributed by atoms with E-state index in [1.54, 1.807) is 0 Å². The Morgan fingerprint density at radius 1 is 0.477 bits per heavy atom. The summed E-state index contributed by atoms with van der Waals surface area (Å²) in [4.78, 5) is 4.70. The van der Waals surface area contributed by atoms with Crippen LogP contribution in [0.1, 0.15) is 22.3 Å². The van der Waals surface area contributed by atoms with Gasteiger partial charge in [0, 0.05) is 23.6 Å². The van der Waals surface area contributed by atoms with Crippen molar-refractivity contribution in [3.05, 3.63) is 185 Å². The Morgan fingerprint density at radius 3 is 1.86 bits per heavy atom. The molecule has 0 fully saturated rings. The van der Waals surface area contributed by atoms with Crippen LogP contribution in [0.5, 0.6) is 0 Å². The lowest BCUT2D eigenvalue weighted by Crippen LogP contribution is -2.40. The van der Waals surface area contributed by atoms with Crippen molar-refractivity contribution in [2.24, 2.45) is 11.8 Å². The van der Waals surface area contributed by atoms with Crippen molar-refractivity contribution in [2.75, 3.05) is 0 Å². The van der Waals surface area contributed by atoms with E-state index in [1.807, 2.05) is 6.20 Å². The summed E-state index contributed by atoms with van der Waals surface area (Å²) in [6.45, 7) is 4.27. The quantitative estimate of drug-likeness (QED) is 0.209. The molecule has 0 N–H and O–H groups in total. The molecule has 0 saturated carbocycles. The molecule has 1 nitrogen and oxygen atoms in total. The van der Waals surface area contributed by atoms with Gasteiger partial charge < -0.3 is 0 Å². The molecule has 0 aliphatic heterocycles. The van der Waals surface area contributed by atoms with Crippen molar-refractivity contribution in [1.29, 1.82) is 0 Å². The summed E-state index contributed by atoms with van der Waals surface area (Å²) in [5, 5.41) is 5.22. The van der Waals surface area contributed by atoms with Gasteiger partial charge in [0.2, 0.25) is 0 Å². The molecule has 1 heterocycles. The van der Waals surface area contributed by atoms with Crippen LogP contribution in [0.3, 0.4) is 0 Å². The highest BCUT2D eigenvalue weighted by atomic mass is 14.7. The second-order valence-electron chi connectivity index (χ2n) is 12.1. The number of aryl methyl sites for hydroxylation is 2. The SMILES string of the molecule is Cc1ccc(-c2cccc3c(C4=c5ccccc5=C(c5cccc(-c6cc(C)ccn6)c5)C5C=CC=CC45)cccc23)cc1. The van der Waals surface area contributed by atoms with Gasteiger partial charge in [0.15, 0.2) is 0 Å². The Balaban J connectivity index is 1.40. The number of hydrogen-bond acceptors (Lipinski definition) is 1. The summed E-state index contributed by atoms with van der Waals surface area (Å²) < 4.78 is 0. The second kappa shape index (κ2) is 10.8. The van der Waals surface area contributed by atoms with E-state index in [1.165, 1.54) is 65.7 Å². The van der Waals surface area contributed by atoms with Crippen LogP contribution in [0.15, 0.2) is 152 Å². The van der Waals surface area contributed by atoms with E-state index in [2.05, 4.69) is 159 Å². The van der Waals surface area contributed by atoms with E-state index in [-0.39, 0.29) is 11.8 Å². The highest BCUT2D eigenvalue weighted by Crippen LogP contribution is 2.43. The third kappa shape index (κ3) is 4.44. The van der Waals surface area contributed by atoms with Gasteiger partial charge in [-0.05, 0) is 92.2 Å². The molecule has 0 saturated heterocycles. The van der Waals surface area contributed by atoms with Gasteiger partial charge >= 0.3 is 0 Å². The molecular formula is C43H33N. The van der Waals surface area contributed by atoms with Crippen LogP contribution in [0.2, 0.25) is 0 Å². The van der Waals surface area contributed by atoms with Crippen molar-refractivity contribution < 1.29 is 0 Å². The van der Waals surface area contributed by atoms with Crippen LogP contribution in [0, 0.1) is 25.7 Å². The standard InChI is InChI=1S/C43H33N/c1-28-20-22-30(23-21-28)33-16-8-18-35-34(33)17-9-19-36(35)43-39-14-5-3-12-37(39)42(38-13-4-6-15-40(38)43)32-11-7-10-31(27-32)41-26-29(2)24-25-44-41/h3-27,37,39H,1-2H3. The molecule has 2 aliphatic rings. The molecule has 1 heteroatoms. The number of aromatic nitrogens is 1. The smallest absolute Gasteiger partial charge is 0.0704 e. The lowest BCUT2D eigenvalue weighted by molar-refractivity contribution is 0.687. The van der Waals surface area contributed by atoms with Crippen LogP contribution in [-0.2, 0) is 0 Å². The van der Waals surface area contributed by atoms with E-state index in [0.29, 0.717) is 0 Å². The Morgan fingerprint density at radius 2 is 1.11 bits per heavy atom.